The number of nitrogens with zero attached hydrogens (tertiary/aromatic N) is 1. The second-order valence-corrected chi connectivity index (χ2v) is 8.74. The topological polar surface area (TPSA) is 64.2 Å². The van der Waals surface area contributed by atoms with Gasteiger partial charge in [0.15, 0.2) is 5.69 Å². The summed E-state index contributed by atoms with van der Waals surface area (Å²) < 4.78 is 11.2. The molecule has 0 spiro atoms. The molecule has 1 N–H and O–H groups in total. The average Bonchev–Trinajstić information content (AvgIpc) is 3.23. The molecule has 1 aromatic heterocycles. The lowest BCUT2D eigenvalue weighted by Gasteiger charge is -2.21. The van der Waals surface area contributed by atoms with Crippen LogP contribution < -0.4 is 4.74 Å². The quantitative estimate of drug-likeness (QED) is 0.296. The van der Waals surface area contributed by atoms with Gasteiger partial charge in [-0.05, 0) is 60.0 Å². The average molecular weight is 500 g/mol. The van der Waals surface area contributed by atoms with Crippen LogP contribution in [0.4, 0.5) is 0 Å². The summed E-state index contributed by atoms with van der Waals surface area (Å²) in [6.07, 6.45) is 0. The van der Waals surface area contributed by atoms with Crippen LogP contribution in [0.5, 0.6) is 5.75 Å². The number of H-pyrrole nitrogens is 1. The summed E-state index contributed by atoms with van der Waals surface area (Å²) in [5, 5.41) is 8.89. The third-order valence-electron chi connectivity index (χ3n) is 5.45. The number of benzene rings is 3. The van der Waals surface area contributed by atoms with E-state index in [-0.39, 0.29) is 13.2 Å². The Balaban J connectivity index is 1.74. The Kier molecular flexibility index (Phi) is 5.79. The number of rotatable bonds is 4. The maximum absolute atomic E-state index is 12.3. The summed E-state index contributed by atoms with van der Waals surface area (Å²) in [6.45, 7) is 2.22. The number of fused-ring (bicyclic) bond motifs is 3. The van der Waals surface area contributed by atoms with Crippen molar-refractivity contribution in [2.75, 3.05) is 6.61 Å². The van der Waals surface area contributed by atoms with Crippen molar-refractivity contribution in [2.24, 2.45) is 0 Å². The number of carbonyl (C=O) groups excluding carboxylic acids is 1. The normalized spacial score (nSPS) is 12.0. The Morgan fingerprint density at radius 1 is 1.00 bits per heavy atom. The second-order valence-electron chi connectivity index (χ2n) is 7.46. The van der Waals surface area contributed by atoms with Gasteiger partial charge in [-0.2, -0.15) is 5.10 Å². The van der Waals surface area contributed by atoms with E-state index in [9.17, 15) is 4.79 Å². The van der Waals surface area contributed by atoms with Crippen LogP contribution in [0.3, 0.4) is 0 Å². The Labute approximate surface area is 205 Å². The van der Waals surface area contributed by atoms with E-state index in [2.05, 4.69) is 10.2 Å². The molecule has 0 fully saturated rings. The lowest BCUT2D eigenvalue weighted by molar-refractivity contribution is 0.0516. The molecule has 0 amide bonds. The monoisotopic (exact) mass is 498 g/mol. The van der Waals surface area contributed by atoms with Crippen LogP contribution in [0.25, 0.3) is 33.5 Å². The summed E-state index contributed by atoms with van der Waals surface area (Å²) in [4.78, 5) is 12.3. The number of carbonyl (C=O) groups is 1. The largest absolute Gasteiger partial charge is 0.488 e. The number of esters is 1. The Hall–Kier alpha value is -2.99. The van der Waals surface area contributed by atoms with Gasteiger partial charge in [-0.1, -0.05) is 53.0 Å². The van der Waals surface area contributed by atoms with Crippen molar-refractivity contribution in [1.29, 1.82) is 0 Å². The molecule has 0 saturated heterocycles. The van der Waals surface area contributed by atoms with E-state index >= 15 is 0 Å². The lowest BCUT2D eigenvalue weighted by Crippen LogP contribution is -2.12. The molecule has 1 aliphatic heterocycles. The number of aromatic nitrogens is 2. The van der Waals surface area contributed by atoms with Gasteiger partial charge in [-0.25, -0.2) is 4.79 Å². The summed E-state index contributed by atoms with van der Waals surface area (Å²) in [7, 11) is 0. The first-order valence-corrected chi connectivity index (χ1v) is 11.4. The van der Waals surface area contributed by atoms with Crippen LogP contribution in [-0.4, -0.2) is 22.8 Å². The highest BCUT2D eigenvalue weighted by Crippen LogP contribution is 2.46. The Morgan fingerprint density at radius 2 is 1.82 bits per heavy atom. The second kappa shape index (κ2) is 8.75. The van der Waals surface area contributed by atoms with Crippen LogP contribution in [0.2, 0.25) is 15.1 Å². The molecule has 0 aliphatic carbocycles. The fourth-order valence-electron chi connectivity index (χ4n) is 3.96. The molecule has 2 heterocycles. The fraction of sp³-hybridized carbons (Fsp3) is 0.120. The van der Waals surface area contributed by atoms with Crippen molar-refractivity contribution >= 4 is 40.8 Å². The highest BCUT2D eigenvalue weighted by Gasteiger charge is 2.29. The summed E-state index contributed by atoms with van der Waals surface area (Å²) in [5.41, 5.74) is 5.80. The van der Waals surface area contributed by atoms with Crippen LogP contribution in [0, 0.1) is 0 Å². The molecule has 33 heavy (non-hydrogen) atoms. The molecule has 166 valence electrons. The maximum atomic E-state index is 12.3. The smallest absolute Gasteiger partial charge is 0.356 e. The number of hydrogen-bond donors (Lipinski definition) is 1. The van der Waals surface area contributed by atoms with Gasteiger partial charge in [-0.3, -0.25) is 5.10 Å². The van der Waals surface area contributed by atoms with E-state index in [0.29, 0.717) is 37.8 Å². The molecular weight excluding hydrogens is 483 g/mol. The van der Waals surface area contributed by atoms with E-state index < -0.39 is 5.97 Å². The SMILES string of the molecule is CCOC(=O)c1[nH]nc2c1COc1cc(-c3cccc(Cl)c3)c(-c3ccc(Cl)cc3Cl)cc1-2. The van der Waals surface area contributed by atoms with Gasteiger partial charge in [0.25, 0.3) is 0 Å². The first-order chi connectivity index (χ1) is 16.0. The van der Waals surface area contributed by atoms with Crippen LogP contribution >= 0.6 is 34.8 Å². The van der Waals surface area contributed by atoms with Gasteiger partial charge in [0.1, 0.15) is 18.1 Å². The minimum absolute atomic E-state index is 0.197. The number of nitrogens with one attached hydrogen (secondary N) is 1. The third kappa shape index (κ3) is 3.97. The molecular formula is C25H17Cl3N2O3. The van der Waals surface area contributed by atoms with E-state index in [1.165, 1.54) is 0 Å². The van der Waals surface area contributed by atoms with Crippen LogP contribution in [0.15, 0.2) is 54.6 Å². The summed E-state index contributed by atoms with van der Waals surface area (Å²) >= 11 is 19.0. The molecule has 0 atom stereocenters. The van der Waals surface area contributed by atoms with Crippen LogP contribution in [-0.2, 0) is 11.3 Å². The van der Waals surface area contributed by atoms with E-state index in [0.717, 1.165) is 27.8 Å². The molecule has 8 heteroatoms. The predicted octanol–water partition coefficient (Wildman–Crippen LogP) is 7.44. The minimum Gasteiger partial charge on any atom is -0.488 e. The van der Waals surface area contributed by atoms with Crippen molar-refractivity contribution in [3.63, 3.8) is 0 Å². The molecule has 4 aromatic rings. The Morgan fingerprint density at radius 3 is 2.58 bits per heavy atom. The van der Waals surface area contributed by atoms with Gasteiger partial charge in [0.2, 0.25) is 0 Å². The molecule has 5 nitrogen and oxygen atoms in total. The molecule has 0 radical (unpaired) electrons. The fourth-order valence-corrected chi connectivity index (χ4v) is 4.66. The third-order valence-corrected chi connectivity index (χ3v) is 6.23. The number of ether oxygens (including phenoxy) is 2. The lowest BCUT2D eigenvalue weighted by atomic mass is 9.90. The van der Waals surface area contributed by atoms with Gasteiger partial charge >= 0.3 is 5.97 Å². The summed E-state index contributed by atoms with van der Waals surface area (Å²) in [6, 6.07) is 16.9. The van der Waals surface area contributed by atoms with Crippen molar-refractivity contribution in [3.8, 4) is 39.3 Å². The molecule has 3 aromatic carbocycles. The van der Waals surface area contributed by atoms with Gasteiger partial charge in [-0.15, -0.1) is 0 Å². The van der Waals surface area contributed by atoms with Crippen molar-refractivity contribution in [2.45, 2.75) is 13.5 Å². The van der Waals surface area contributed by atoms with Gasteiger partial charge in [0, 0.05) is 26.2 Å². The zero-order chi connectivity index (χ0) is 23.1. The van der Waals surface area contributed by atoms with Gasteiger partial charge < -0.3 is 9.47 Å². The molecule has 0 saturated carbocycles. The van der Waals surface area contributed by atoms with Gasteiger partial charge in [0.05, 0.1) is 12.2 Å². The Bertz CT molecular complexity index is 1400. The number of halogens is 3. The summed E-state index contributed by atoms with van der Waals surface area (Å²) in [5.74, 6) is 0.183. The van der Waals surface area contributed by atoms with E-state index in [1.807, 2.05) is 42.5 Å². The standard InChI is InChI=1S/C25H17Cl3N2O3/c1-2-32-25(31)24-20-12-33-22-11-17(13-4-3-5-14(26)8-13)18(10-19(22)23(20)29-30-24)16-7-6-15(27)9-21(16)28/h3-11H,2,12H2,1H3,(H,29,30). The zero-order valence-corrected chi connectivity index (χ0v) is 19.7. The highest BCUT2D eigenvalue weighted by atomic mass is 35.5. The first-order valence-electron chi connectivity index (χ1n) is 10.2. The first kappa shape index (κ1) is 21.8. The maximum Gasteiger partial charge on any atom is 0.356 e. The highest BCUT2D eigenvalue weighted by molar-refractivity contribution is 6.36. The number of aromatic amines is 1. The number of hydrogen-bond acceptors (Lipinski definition) is 4. The molecule has 1 aliphatic rings. The molecule has 0 bridgehead atoms. The van der Waals surface area contributed by atoms with Crippen molar-refractivity contribution in [3.05, 3.63) is 80.9 Å². The minimum atomic E-state index is -0.463. The van der Waals surface area contributed by atoms with Crippen molar-refractivity contribution in [1.82, 2.24) is 10.2 Å². The van der Waals surface area contributed by atoms with Crippen LogP contribution in [0.1, 0.15) is 23.0 Å². The predicted molar refractivity (Wildman–Crippen MR) is 130 cm³/mol. The molecule has 5 rings (SSSR count). The van der Waals surface area contributed by atoms with Crippen molar-refractivity contribution < 1.29 is 14.3 Å². The molecule has 0 unspecified atom stereocenters. The van der Waals surface area contributed by atoms with E-state index in [4.69, 9.17) is 44.3 Å². The van der Waals surface area contributed by atoms with E-state index in [1.54, 1.807) is 19.1 Å². The zero-order valence-electron chi connectivity index (χ0n) is 17.4.